The Balaban J connectivity index is 1.43. The second-order valence-corrected chi connectivity index (χ2v) is 11.5. The van der Waals surface area contributed by atoms with Gasteiger partial charge in [-0.15, -0.1) is 11.3 Å². The molecule has 2 saturated heterocycles. The van der Waals surface area contributed by atoms with Crippen molar-refractivity contribution in [3.8, 4) is 11.1 Å². The van der Waals surface area contributed by atoms with Crippen molar-refractivity contribution in [1.82, 2.24) is 14.8 Å². The van der Waals surface area contributed by atoms with Crippen LogP contribution in [-0.2, 0) is 22.6 Å². The number of thiophene rings is 1. The molecule has 0 atom stereocenters. The van der Waals surface area contributed by atoms with Crippen molar-refractivity contribution >= 4 is 50.7 Å². The number of piperidine rings is 1. The Morgan fingerprint density at radius 2 is 1.80 bits per heavy atom. The maximum atomic E-state index is 12.2. The molecule has 2 fully saturated rings. The molecule has 6 rings (SSSR count). The van der Waals surface area contributed by atoms with Crippen LogP contribution in [0.3, 0.4) is 0 Å². The van der Waals surface area contributed by atoms with E-state index in [0.29, 0.717) is 25.4 Å². The molecule has 6 nitrogen and oxygen atoms in total. The summed E-state index contributed by atoms with van der Waals surface area (Å²) < 4.78 is 1.08. The van der Waals surface area contributed by atoms with Crippen molar-refractivity contribution in [2.75, 3.05) is 31.6 Å². The van der Waals surface area contributed by atoms with Gasteiger partial charge >= 0.3 is 0 Å². The topological polar surface area (TPSA) is 56.8 Å². The van der Waals surface area contributed by atoms with Crippen LogP contribution in [0.25, 0.3) is 21.3 Å². The monoisotopic (exact) mass is 508 g/mol. The average Bonchev–Trinajstić information content (AvgIpc) is 3.41. The minimum atomic E-state index is -0.0849. The smallest absolute Gasteiger partial charge is 0.230 e. The summed E-state index contributed by atoms with van der Waals surface area (Å²) in [5.41, 5.74) is 5.84. The Kier molecular flexibility index (Phi) is 6.03. The fourth-order valence-corrected chi connectivity index (χ4v) is 7.22. The minimum Gasteiger partial charge on any atom is -0.368 e. The van der Waals surface area contributed by atoms with Gasteiger partial charge in [-0.1, -0.05) is 11.6 Å². The summed E-state index contributed by atoms with van der Waals surface area (Å²) in [5.74, 6) is -0.170. The fraction of sp³-hybridized carbons (Fsp3) is 0.444. The van der Waals surface area contributed by atoms with E-state index in [-0.39, 0.29) is 11.8 Å². The molecule has 3 aliphatic rings. The predicted molar refractivity (Wildman–Crippen MR) is 141 cm³/mol. The fourth-order valence-electron chi connectivity index (χ4n) is 5.85. The Morgan fingerprint density at radius 1 is 1.03 bits per heavy atom. The number of hydrogen-bond acceptors (Lipinski definition) is 6. The zero-order valence-corrected chi connectivity index (χ0v) is 21.5. The van der Waals surface area contributed by atoms with Gasteiger partial charge in [-0.05, 0) is 75.6 Å². The molecule has 1 aromatic carbocycles. The van der Waals surface area contributed by atoms with Gasteiger partial charge in [-0.25, -0.2) is 0 Å². The molecule has 182 valence electrons. The number of amides is 2. The lowest BCUT2D eigenvalue weighted by molar-refractivity contribution is -0.138. The first kappa shape index (κ1) is 23.0. The lowest BCUT2D eigenvalue weighted by atomic mass is 9.91. The van der Waals surface area contributed by atoms with Gasteiger partial charge in [0.1, 0.15) is 0 Å². The molecule has 0 N–H and O–H groups in total. The van der Waals surface area contributed by atoms with E-state index >= 15 is 0 Å². The van der Waals surface area contributed by atoms with Crippen molar-refractivity contribution in [1.29, 1.82) is 0 Å². The van der Waals surface area contributed by atoms with Gasteiger partial charge in [0.2, 0.25) is 11.8 Å². The second kappa shape index (κ2) is 9.19. The van der Waals surface area contributed by atoms with Crippen LogP contribution >= 0.6 is 22.9 Å². The molecule has 0 unspecified atom stereocenters. The van der Waals surface area contributed by atoms with Crippen molar-refractivity contribution in [2.45, 2.75) is 51.1 Å². The number of imide groups is 1. The third-order valence-electron chi connectivity index (χ3n) is 7.64. The highest BCUT2D eigenvalue weighted by atomic mass is 35.5. The zero-order valence-electron chi connectivity index (χ0n) is 19.9. The van der Waals surface area contributed by atoms with Crippen LogP contribution in [0.15, 0.2) is 30.5 Å². The molecule has 0 saturated carbocycles. The zero-order chi connectivity index (χ0) is 24.1. The van der Waals surface area contributed by atoms with Crippen molar-refractivity contribution in [3.63, 3.8) is 0 Å². The van der Waals surface area contributed by atoms with E-state index in [9.17, 15) is 9.59 Å². The Morgan fingerprint density at radius 3 is 2.57 bits per heavy atom. The van der Waals surface area contributed by atoms with Crippen LogP contribution in [0.4, 0.5) is 5.69 Å². The normalized spacial score (nSPS) is 19.7. The van der Waals surface area contributed by atoms with E-state index in [0.717, 1.165) is 58.2 Å². The number of nitrogens with zero attached hydrogens (tertiary/aromatic N) is 4. The molecule has 3 aromatic rings. The number of aryl methyl sites for hydroxylation is 1. The van der Waals surface area contributed by atoms with Crippen LogP contribution in [0.5, 0.6) is 0 Å². The molecule has 2 aromatic heterocycles. The lowest BCUT2D eigenvalue weighted by Gasteiger charge is -2.43. The Bertz CT molecular complexity index is 1300. The molecule has 0 spiro atoms. The first-order valence-corrected chi connectivity index (χ1v) is 13.7. The van der Waals surface area contributed by atoms with E-state index < -0.39 is 0 Å². The molecule has 5 heterocycles. The number of carbonyl (C=O) groups is 2. The summed E-state index contributed by atoms with van der Waals surface area (Å²) in [6, 6.07) is 8.89. The van der Waals surface area contributed by atoms with Gasteiger partial charge in [0.25, 0.3) is 0 Å². The predicted octanol–water partition coefficient (Wildman–Crippen LogP) is 5.11. The van der Waals surface area contributed by atoms with E-state index in [1.165, 1.54) is 34.6 Å². The maximum absolute atomic E-state index is 12.2. The number of benzene rings is 1. The first-order valence-electron chi connectivity index (χ1n) is 12.5. The highest BCUT2D eigenvalue weighted by Gasteiger charge is 2.31. The number of carbonyl (C=O) groups excluding carboxylic acids is 2. The summed E-state index contributed by atoms with van der Waals surface area (Å²) in [6.45, 7) is 3.65. The summed E-state index contributed by atoms with van der Waals surface area (Å²) in [7, 11) is 2.21. The SMILES string of the molecule is CN1CCC(N2CCCc3cc(Cl)cc(-c4ccnc5cc(CN6C(=O)CCC6=O)sc45)c32)CC1. The summed E-state index contributed by atoms with van der Waals surface area (Å²) in [4.78, 5) is 36.4. The van der Waals surface area contributed by atoms with Crippen molar-refractivity contribution < 1.29 is 9.59 Å². The number of pyridine rings is 1. The molecule has 0 aliphatic carbocycles. The molecule has 0 radical (unpaired) electrons. The van der Waals surface area contributed by atoms with Crippen molar-refractivity contribution in [3.05, 3.63) is 45.9 Å². The molecule has 0 bridgehead atoms. The molecular formula is C27H29ClN4O2S. The number of hydrogen-bond donors (Lipinski definition) is 0. The van der Waals surface area contributed by atoms with E-state index in [1.54, 1.807) is 11.3 Å². The number of anilines is 1. The number of fused-ring (bicyclic) bond motifs is 2. The highest BCUT2D eigenvalue weighted by Crippen LogP contribution is 2.45. The van der Waals surface area contributed by atoms with Crippen LogP contribution < -0.4 is 4.90 Å². The van der Waals surface area contributed by atoms with Crippen LogP contribution in [0, 0.1) is 0 Å². The standard InChI is InChI=1S/C27H29ClN4O2S/c1-30-11-7-19(8-12-30)31-10-2-3-17-13-18(28)14-22(26(17)31)21-6-9-29-23-15-20(35-27(21)23)16-32-24(33)4-5-25(32)34/h6,9,13-15,19H,2-5,7-8,10-12,16H2,1H3. The van der Waals surface area contributed by atoms with Gasteiger partial charge in [0.05, 0.1) is 16.8 Å². The molecule has 8 heteroatoms. The highest BCUT2D eigenvalue weighted by molar-refractivity contribution is 7.19. The first-order chi connectivity index (χ1) is 17.0. The molecule has 3 aliphatic heterocycles. The number of likely N-dealkylation sites (tertiary alicyclic amines) is 2. The van der Waals surface area contributed by atoms with E-state index in [1.807, 2.05) is 12.3 Å². The minimum absolute atomic E-state index is 0.0849. The molecular weight excluding hydrogens is 480 g/mol. The van der Waals surface area contributed by atoms with Gasteiger partial charge in [-0.2, -0.15) is 0 Å². The maximum Gasteiger partial charge on any atom is 0.230 e. The Hall–Kier alpha value is -2.48. The quantitative estimate of drug-likeness (QED) is 0.458. The molecule has 2 amide bonds. The van der Waals surface area contributed by atoms with Crippen molar-refractivity contribution in [2.24, 2.45) is 0 Å². The summed E-state index contributed by atoms with van der Waals surface area (Å²) in [5, 5.41) is 0.763. The average molecular weight is 509 g/mol. The van der Waals surface area contributed by atoms with Gasteiger partial charge < -0.3 is 9.80 Å². The van der Waals surface area contributed by atoms with E-state index in [2.05, 4.69) is 40.0 Å². The second-order valence-electron chi connectivity index (χ2n) is 9.95. The van der Waals surface area contributed by atoms with Gasteiger partial charge in [0.15, 0.2) is 0 Å². The van der Waals surface area contributed by atoms with Gasteiger partial charge in [-0.3, -0.25) is 19.5 Å². The van der Waals surface area contributed by atoms with Crippen LogP contribution in [-0.4, -0.2) is 59.3 Å². The number of rotatable bonds is 4. The summed E-state index contributed by atoms with van der Waals surface area (Å²) >= 11 is 8.29. The third-order valence-corrected chi connectivity index (χ3v) is 9.00. The third kappa shape index (κ3) is 4.24. The lowest BCUT2D eigenvalue weighted by Crippen LogP contribution is -2.46. The number of halogens is 1. The van der Waals surface area contributed by atoms with E-state index in [4.69, 9.17) is 11.6 Å². The molecule has 35 heavy (non-hydrogen) atoms. The van der Waals surface area contributed by atoms with Gasteiger partial charge in [0, 0.05) is 58.3 Å². The van der Waals surface area contributed by atoms with Crippen LogP contribution in [0.2, 0.25) is 5.02 Å². The number of aromatic nitrogens is 1. The largest absolute Gasteiger partial charge is 0.368 e. The Labute approximate surface area is 214 Å². The van der Waals surface area contributed by atoms with Crippen LogP contribution in [0.1, 0.15) is 42.5 Å². The summed E-state index contributed by atoms with van der Waals surface area (Å²) in [6.07, 6.45) is 7.01.